The van der Waals surface area contributed by atoms with E-state index in [9.17, 15) is 9.59 Å². The maximum absolute atomic E-state index is 12.6. The van der Waals surface area contributed by atoms with Gasteiger partial charge in [0, 0.05) is 26.3 Å². The molecule has 0 aromatic heterocycles. The summed E-state index contributed by atoms with van der Waals surface area (Å²) in [5, 5.41) is 2.72. The SMILES string of the molecule is CCC1OC(C)(C)OC(C(C)C(=O)SCCNC(C)=O)C1(C)OC. The number of carbonyl (C=O) groups is 2. The molecular formula is C17H31NO5S. The summed E-state index contributed by atoms with van der Waals surface area (Å²) in [4.78, 5) is 23.4. The minimum Gasteiger partial charge on any atom is -0.373 e. The predicted octanol–water partition coefficient (Wildman–Crippen LogP) is 2.35. The lowest BCUT2D eigenvalue weighted by Gasteiger charge is -2.52. The van der Waals surface area contributed by atoms with Crippen LogP contribution in [0, 0.1) is 5.92 Å². The van der Waals surface area contributed by atoms with Gasteiger partial charge in [-0.25, -0.2) is 0 Å². The molecule has 0 radical (unpaired) electrons. The van der Waals surface area contributed by atoms with Crippen molar-refractivity contribution in [2.24, 2.45) is 5.92 Å². The van der Waals surface area contributed by atoms with E-state index in [1.165, 1.54) is 18.7 Å². The Hall–Kier alpha value is -0.630. The zero-order chi connectivity index (χ0) is 18.5. The van der Waals surface area contributed by atoms with Gasteiger partial charge in [0.2, 0.25) is 5.91 Å². The van der Waals surface area contributed by atoms with Crippen molar-refractivity contribution in [3.8, 4) is 0 Å². The molecule has 1 saturated heterocycles. The highest BCUT2D eigenvalue weighted by Crippen LogP contribution is 2.41. The molecule has 140 valence electrons. The Morgan fingerprint density at radius 2 is 1.92 bits per heavy atom. The van der Waals surface area contributed by atoms with Crippen LogP contribution >= 0.6 is 11.8 Å². The summed E-state index contributed by atoms with van der Waals surface area (Å²) in [6.07, 6.45) is 0.206. The van der Waals surface area contributed by atoms with Gasteiger partial charge < -0.3 is 19.5 Å². The minimum absolute atomic E-state index is 0.0289. The highest BCUT2D eigenvalue weighted by atomic mass is 32.2. The first-order valence-corrected chi connectivity index (χ1v) is 9.37. The molecule has 0 saturated carbocycles. The fourth-order valence-electron chi connectivity index (χ4n) is 3.06. The largest absolute Gasteiger partial charge is 0.373 e. The number of rotatable bonds is 7. The summed E-state index contributed by atoms with van der Waals surface area (Å²) in [6.45, 7) is 11.5. The Morgan fingerprint density at radius 1 is 1.29 bits per heavy atom. The number of thioether (sulfide) groups is 1. The first-order chi connectivity index (χ1) is 11.1. The van der Waals surface area contributed by atoms with Crippen LogP contribution in [0.3, 0.4) is 0 Å². The smallest absolute Gasteiger partial charge is 0.216 e. The van der Waals surface area contributed by atoms with Crippen LogP contribution < -0.4 is 5.32 Å². The van der Waals surface area contributed by atoms with Crippen LogP contribution in [-0.4, -0.2) is 54.0 Å². The molecule has 0 aromatic rings. The number of methoxy groups -OCH3 is 1. The van der Waals surface area contributed by atoms with E-state index >= 15 is 0 Å². The van der Waals surface area contributed by atoms with Gasteiger partial charge in [-0.05, 0) is 27.2 Å². The second-order valence-corrected chi connectivity index (χ2v) is 7.88. The average molecular weight is 362 g/mol. The lowest BCUT2D eigenvalue weighted by Crippen LogP contribution is -2.64. The maximum atomic E-state index is 12.6. The molecule has 0 bridgehead atoms. The number of amides is 1. The Bertz CT molecular complexity index is 456. The van der Waals surface area contributed by atoms with Crippen molar-refractivity contribution in [1.29, 1.82) is 0 Å². The molecule has 4 unspecified atom stereocenters. The van der Waals surface area contributed by atoms with E-state index in [4.69, 9.17) is 14.2 Å². The van der Waals surface area contributed by atoms with Crippen molar-refractivity contribution in [3.63, 3.8) is 0 Å². The molecule has 24 heavy (non-hydrogen) atoms. The second-order valence-electron chi connectivity index (χ2n) is 6.78. The molecule has 0 aromatic carbocycles. The molecule has 6 nitrogen and oxygen atoms in total. The maximum Gasteiger partial charge on any atom is 0.216 e. The van der Waals surface area contributed by atoms with Gasteiger partial charge in [-0.15, -0.1) is 0 Å². The lowest BCUT2D eigenvalue weighted by molar-refractivity contribution is -0.368. The number of hydrogen-bond donors (Lipinski definition) is 1. The molecule has 1 aliphatic heterocycles. The van der Waals surface area contributed by atoms with Crippen molar-refractivity contribution in [1.82, 2.24) is 5.32 Å². The van der Waals surface area contributed by atoms with Crippen LogP contribution in [0.5, 0.6) is 0 Å². The zero-order valence-corrected chi connectivity index (χ0v) is 16.6. The Balaban J connectivity index is 2.81. The Kier molecular flexibility index (Phi) is 7.72. The van der Waals surface area contributed by atoms with Crippen LogP contribution in [0.4, 0.5) is 0 Å². The number of carbonyl (C=O) groups excluding carboxylic acids is 2. The molecule has 7 heteroatoms. The summed E-state index contributed by atoms with van der Waals surface area (Å²) >= 11 is 1.21. The van der Waals surface area contributed by atoms with Crippen LogP contribution in [-0.2, 0) is 23.8 Å². The van der Waals surface area contributed by atoms with Gasteiger partial charge in [0.05, 0.1) is 12.0 Å². The first kappa shape index (κ1) is 21.4. The first-order valence-electron chi connectivity index (χ1n) is 8.39. The number of hydrogen-bond acceptors (Lipinski definition) is 6. The summed E-state index contributed by atoms with van der Waals surface area (Å²) in [5.41, 5.74) is -0.697. The van der Waals surface area contributed by atoms with E-state index in [1.807, 2.05) is 34.6 Å². The van der Waals surface area contributed by atoms with Crippen molar-refractivity contribution >= 4 is 22.8 Å². The molecule has 1 amide bonds. The Morgan fingerprint density at radius 3 is 2.42 bits per heavy atom. The highest BCUT2D eigenvalue weighted by Gasteiger charge is 2.54. The van der Waals surface area contributed by atoms with Crippen LogP contribution in [0.1, 0.15) is 48.0 Å². The summed E-state index contributed by atoms with van der Waals surface area (Å²) < 4.78 is 17.8. The third-order valence-corrected chi connectivity index (χ3v) is 5.46. The highest BCUT2D eigenvalue weighted by molar-refractivity contribution is 8.13. The fourth-order valence-corrected chi connectivity index (χ4v) is 3.85. The molecule has 1 fully saturated rings. The average Bonchev–Trinajstić information content (AvgIpc) is 2.52. The molecule has 0 aliphatic carbocycles. The third kappa shape index (κ3) is 5.18. The summed E-state index contributed by atoms with van der Waals surface area (Å²) in [5.74, 6) is -0.674. The van der Waals surface area contributed by atoms with Crippen LogP contribution in [0.15, 0.2) is 0 Å². The van der Waals surface area contributed by atoms with Gasteiger partial charge in [0.25, 0.3) is 0 Å². The third-order valence-electron chi connectivity index (χ3n) is 4.40. The molecular weight excluding hydrogens is 330 g/mol. The van der Waals surface area contributed by atoms with Gasteiger partial charge in [0.15, 0.2) is 10.9 Å². The van der Waals surface area contributed by atoms with Crippen molar-refractivity contribution in [2.45, 2.75) is 71.6 Å². The van der Waals surface area contributed by atoms with Gasteiger partial charge >= 0.3 is 0 Å². The minimum atomic E-state index is -0.765. The molecule has 4 atom stereocenters. The van der Waals surface area contributed by atoms with E-state index in [-0.39, 0.29) is 23.0 Å². The quantitative estimate of drug-likeness (QED) is 0.702. The van der Waals surface area contributed by atoms with Gasteiger partial charge in [0.1, 0.15) is 11.7 Å². The van der Waals surface area contributed by atoms with Gasteiger partial charge in [-0.2, -0.15) is 0 Å². The van der Waals surface area contributed by atoms with Gasteiger partial charge in [-0.3, -0.25) is 9.59 Å². The van der Waals surface area contributed by atoms with E-state index in [0.717, 1.165) is 6.42 Å². The van der Waals surface area contributed by atoms with Gasteiger partial charge in [-0.1, -0.05) is 25.6 Å². The number of ether oxygens (including phenoxy) is 3. The summed E-state index contributed by atoms with van der Waals surface area (Å²) in [7, 11) is 1.63. The molecule has 1 N–H and O–H groups in total. The van der Waals surface area contributed by atoms with E-state index in [0.29, 0.717) is 12.3 Å². The topological polar surface area (TPSA) is 73.9 Å². The Labute approximate surface area is 149 Å². The predicted molar refractivity (Wildman–Crippen MR) is 94.8 cm³/mol. The van der Waals surface area contributed by atoms with E-state index in [1.54, 1.807) is 7.11 Å². The molecule has 1 heterocycles. The second kappa shape index (κ2) is 8.65. The molecule has 0 spiro atoms. The monoisotopic (exact) mass is 361 g/mol. The standard InChI is InChI=1S/C17H31NO5S/c1-8-13-17(6,21-7)14(23-16(4,5)22-13)11(2)15(20)24-10-9-18-12(3)19/h11,13-14H,8-10H2,1-7H3,(H,18,19). The number of nitrogens with one attached hydrogen (secondary N) is 1. The lowest BCUT2D eigenvalue weighted by atomic mass is 9.82. The van der Waals surface area contributed by atoms with Crippen molar-refractivity contribution < 1.29 is 23.8 Å². The van der Waals surface area contributed by atoms with Crippen molar-refractivity contribution in [3.05, 3.63) is 0 Å². The summed E-state index contributed by atoms with van der Waals surface area (Å²) in [6, 6.07) is 0. The molecule has 1 aliphatic rings. The zero-order valence-electron chi connectivity index (χ0n) is 15.8. The normalized spacial score (nSPS) is 30.6. The van der Waals surface area contributed by atoms with E-state index < -0.39 is 17.5 Å². The van der Waals surface area contributed by atoms with Crippen LogP contribution in [0.2, 0.25) is 0 Å². The van der Waals surface area contributed by atoms with Crippen LogP contribution in [0.25, 0.3) is 0 Å². The fraction of sp³-hybridized carbons (Fsp3) is 0.882. The van der Waals surface area contributed by atoms with Crippen molar-refractivity contribution in [2.75, 3.05) is 19.4 Å². The molecule has 1 rings (SSSR count). The van der Waals surface area contributed by atoms with E-state index in [2.05, 4.69) is 5.32 Å².